The average Bonchev–Trinajstić information content (AvgIpc) is 2.44. The Kier molecular flexibility index (Phi) is 6.64. The zero-order valence-corrected chi connectivity index (χ0v) is 11.6. The topological polar surface area (TPSA) is 55.4 Å². The van der Waals surface area contributed by atoms with Crippen molar-refractivity contribution >= 4 is 17.4 Å². The molecule has 0 bridgehead atoms. The molecule has 0 aliphatic rings. The van der Waals surface area contributed by atoms with Gasteiger partial charge in [0.25, 0.3) is 0 Å². The van der Waals surface area contributed by atoms with Crippen molar-refractivity contribution in [3.8, 4) is 0 Å². The van der Waals surface area contributed by atoms with E-state index in [0.29, 0.717) is 19.4 Å². The van der Waals surface area contributed by atoms with Crippen molar-refractivity contribution in [3.05, 3.63) is 29.8 Å². The van der Waals surface area contributed by atoms with E-state index in [4.69, 9.17) is 4.74 Å². The Balaban J connectivity index is 2.27. The highest BCUT2D eigenvalue weighted by atomic mass is 16.5. The maximum Gasteiger partial charge on any atom is 0.306 e. The van der Waals surface area contributed by atoms with E-state index in [2.05, 4.69) is 5.32 Å². The van der Waals surface area contributed by atoms with Gasteiger partial charge in [-0.15, -0.1) is 0 Å². The molecule has 0 saturated heterocycles. The van der Waals surface area contributed by atoms with Gasteiger partial charge in [-0.05, 0) is 31.0 Å². The van der Waals surface area contributed by atoms with E-state index in [0.717, 1.165) is 11.3 Å². The molecule has 0 aromatic heterocycles. The Morgan fingerprint density at radius 3 is 2.37 bits per heavy atom. The molecule has 0 amide bonds. The molecule has 4 nitrogen and oxygen atoms in total. The maximum atomic E-state index is 11.6. The fourth-order valence-corrected chi connectivity index (χ4v) is 1.72. The summed E-state index contributed by atoms with van der Waals surface area (Å²) in [4.78, 5) is 22.7. The van der Waals surface area contributed by atoms with E-state index in [-0.39, 0.29) is 24.6 Å². The van der Waals surface area contributed by atoms with Crippen molar-refractivity contribution in [2.24, 2.45) is 0 Å². The molecule has 0 aliphatic heterocycles. The minimum absolute atomic E-state index is 0.103. The van der Waals surface area contributed by atoms with Gasteiger partial charge in [-0.25, -0.2) is 0 Å². The summed E-state index contributed by atoms with van der Waals surface area (Å²) in [6, 6.07) is 7.98. The normalized spacial score (nSPS) is 10.0. The zero-order chi connectivity index (χ0) is 14.1. The van der Waals surface area contributed by atoms with Crippen LogP contribution in [0.2, 0.25) is 0 Å². The molecule has 104 valence electrons. The van der Waals surface area contributed by atoms with Gasteiger partial charge in [0.1, 0.15) is 5.78 Å². The second kappa shape index (κ2) is 8.29. The van der Waals surface area contributed by atoms with Crippen molar-refractivity contribution in [2.45, 2.75) is 32.6 Å². The van der Waals surface area contributed by atoms with Crippen LogP contribution in [0.5, 0.6) is 0 Å². The van der Waals surface area contributed by atoms with Gasteiger partial charge in [0.15, 0.2) is 0 Å². The van der Waals surface area contributed by atoms with Crippen molar-refractivity contribution in [1.29, 1.82) is 0 Å². The molecular formula is C15H21NO3. The Morgan fingerprint density at radius 1 is 1.11 bits per heavy atom. The van der Waals surface area contributed by atoms with Crippen LogP contribution >= 0.6 is 0 Å². The second-order valence-electron chi connectivity index (χ2n) is 4.29. The summed E-state index contributed by atoms with van der Waals surface area (Å²) in [7, 11) is 1.87. The highest BCUT2D eigenvalue weighted by Crippen LogP contribution is 2.11. The van der Waals surface area contributed by atoms with Gasteiger partial charge in [-0.3, -0.25) is 9.59 Å². The molecule has 1 rings (SSSR count). The maximum absolute atomic E-state index is 11.6. The molecule has 0 saturated carbocycles. The van der Waals surface area contributed by atoms with Crippen LogP contribution in [-0.4, -0.2) is 25.4 Å². The van der Waals surface area contributed by atoms with E-state index >= 15 is 0 Å². The number of ether oxygens (including phenoxy) is 1. The first kappa shape index (κ1) is 15.2. The summed E-state index contributed by atoms with van der Waals surface area (Å²) >= 11 is 0. The molecule has 19 heavy (non-hydrogen) atoms. The van der Waals surface area contributed by atoms with Gasteiger partial charge < -0.3 is 10.1 Å². The lowest BCUT2D eigenvalue weighted by Crippen LogP contribution is -2.08. The number of aryl methyl sites for hydroxylation is 1. The number of hydrogen-bond donors (Lipinski definition) is 1. The molecule has 4 heteroatoms. The molecule has 0 fully saturated rings. The highest BCUT2D eigenvalue weighted by Gasteiger charge is 2.07. The predicted octanol–water partition coefficient (Wildman–Crippen LogP) is 2.57. The molecule has 0 aliphatic carbocycles. The average molecular weight is 263 g/mol. The smallest absolute Gasteiger partial charge is 0.306 e. The molecule has 0 unspecified atom stereocenters. The van der Waals surface area contributed by atoms with Gasteiger partial charge in [0, 0.05) is 25.6 Å². The third-order valence-electron chi connectivity index (χ3n) is 2.85. The van der Waals surface area contributed by atoms with E-state index in [1.807, 2.05) is 31.3 Å². The molecule has 0 atom stereocenters. The third-order valence-corrected chi connectivity index (χ3v) is 2.85. The Hall–Kier alpha value is -1.84. The summed E-state index contributed by atoms with van der Waals surface area (Å²) in [5, 5.41) is 3.05. The number of Topliss-reactive ketones (excluding diaryl/α,β-unsaturated/α-hetero) is 1. The fraction of sp³-hybridized carbons (Fsp3) is 0.467. The van der Waals surface area contributed by atoms with Crippen molar-refractivity contribution in [3.63, 3.8) is 0 Å². The number of nitrogens with one attached hydrogen (secondary N) is 1. The summed E-state index contributed by atoms with van der Waals surface area (Å²) in [5.41, 5.74) is 2.18. The van der Waals surface area contributed by atoms with Crippen LogP contribution in [0.1, 0.15) is 31.7 Å². The Labute approximate surface area is 114 Å². The molecule has 0 heterocycles. The minimum Gasteiger partial charge on any atom is -0.466 e. The van der Waals surface area contributed by atoms with Crippen LogP contribution in [-0.2, 0) is 20.7 Å². The lowest BCUT2D eigenvalue weighted by molar-refractivity contribution is -0.144. The lowest BCUT2D eigenvalue weighted by Gasteiger charge is -2.04. The summed E-state index contributed by atoms with van der Waals surface area (Å²) in [6.45, 7) is 2.12. The van der Waals surface area contributed by atoms with E-state index < -0.39 is 0 Å². The standard InChI is InChI=1S/C15H21NO3/c1-3-19-15(18)11-10-14(17)9-6-12-4-7-13(16-2)8-5-12/h4-5,7-8,16H,3,6,9-11H2,1-2H3. The summed E-state index contributed by atoms with van der Waals surface area (Å²) in [6.07, 6.45) is 1.64. The Bertz CT molecular complexity index is 412. The molecule has 0 spiro atoms. The number of hydrogen-bond acceptors (Lipinski definition) is 4. The first-order valence-corrected chi connectivity index (χ1v) is 6.59. The van der Waals surface area contributed by atoms with Crippen LogP contribution in [0.3, 0.4) is 0 Å². The molecule has 1 N–H and O–H groups in total. The molecular weight excluding hydrogens is 242 g/mol. The van der Waals surface area contributed by atoms with Crippen LogP contribution in [0, 0.1) is 0 Å². The van der Waals surface area contributed by atoms with E-state index in [9.17, 15) is 9.59 Å². The number of esters is 1. The fourth-order valence-electron chi connectivity index (χ4n) is 1.72. The van der Waals surface area contributed by atoms with E-state index in [1.54, 1.807) is 6.92 Å². The molecule has 1 aromatic carbocycles. The SMILES string of the molecule is CCOC(=O)CCC(=O)CCc1ccc(NC)cc1. The quantitative estimate of drug-likeness (QED) is 0.732. The number of benzene rings is 1. The second-order valence-corrected chi connectivity index (χ2v) is 4.29. The third kappa shape index (κ3) is 6.04. The predicted molar refractivity (Wildman–Crippen MR) is 75.2 cm³/mol. The van der Waals surface area contributed by atoms with Gasteiger partial charge >= 0.3 is 5.97 Å². The number of carbonyl (C=O) groups is 2. The van der Waals surface area contributed by atoms with Crippen molar-refractivity contribution < 1.29 is 14.3 Å². The number of ketones is 1. The monoisotopic (exact) mass is 263 g/mol. The highest BCUT2D eigenvalue weighted by molar-refractivity contribution is 5.83. The number of carbonyl (C=O) groups excluding carboxylic acids is 2. The Morgan fingerprint density at radius 2 is 1.79 bits per heavy atom. The van der Waals surface area contributed by atoms with Crippen LogP contribution in [0.25, 0.3) is 0 Å². The first-order chi connectivity index (χ1) is 9.15. The number of anilines is 1. The number of rotatable bonds is 8. The van der Waals surface area contributed by atoms with Crippen LogP contribution in [0.4, 0.5) is 5.69 Å². The molecule has 1 aromatic rings. The van der Waals surface area contributed by atoms with Crippen LogP contribution < -0.4 is 5.32 Å². The van der Waals surface area contributed by atoms with Gasteiger partial charge in [-0.1, -0.05) is 12.1 Å². The first-order valence-electron chi connectivity index (χ1n) is 6.59. The minimum atomic E-state index is -0.297. The van der Waals surface area contributed by atoms with Gasteiger partial charge in [0.05, 0.1) is 13.0 Å². The largest absolute Gasteiger partial charge is 0.466 e. The zero-order valence-electron chi connectivity index (χ0n) is 11.6. The summed E-state index contributed by atoms with van der Waals surface area (Å²) in [5.74, 6) is -0.194. The van der Waals surface area contributed by atoms with Crippen LogP contribution in [0.15, 0.2) is 24.3 Å². The van der Waals surface area contributed by atoms with Crippen molar-refractivity contribution in [1.82, 2.24) is 0 Å². The van der Waals surface area contributed by atoms with Gasteiger partial charge in [0.2, 0.25) is 0 Å². The van der Waals surface area contributed by atoms with Crippen molar-refractivity contribution in [2.75, 3.05) is 19.0 Å². The summed E-state index contributed by atoms with van der Waals surface area (Å²) < 4.78 is 4.78. The lowest BCUT2D eigenvalue weighted by atomic mass is 10.0. The van der Waals surface area contributed by atoms with Gasteiger partial charge in [-0.2, -0.15) is 0 Å². The van der Waals surface area contributed by atoms with E-state index in [1.165, 1.54) is 0 Å². The molecule has 0 radical (unpaired) electrons.